The highest BCUT2D eigenvalue weighted by Gasteiger charge is 2.32. The van der Waals surface area contributed by atoms with Crippen molar-refractivity contribution in [3.63, 3.8) is 0 Å². The van der Waals surface area contributed by atoms with Gasteiger partial charge in [0.2, 0.25) is 0 Å². The third kappa shape index (κ3) is 4.99. The monoisotopic (exact) mass is 424 g/mol. The lowest BCUT2D eigenvalue weighted by molar-refractivity contribution is 0.125. The molecule has 2 fully saturated rings. The molecule has 1 saturated heterocycles. The van der Waals surface area contributed by atoms with Crippen molar-refractivity contribution in [3.05, 3.63) is 28.2 Å². The predicted octanol–water partition coefficient (Wildman–Crippen LogP) is 4.44. The standard InChI is InChI=1S/C17H25BrN2O.2ClH/c1-21-16-7-6-14(12-15(16)18)17(13-4-2-3-5-13)20-10-8-19-9-11-20;;/h6-7,12-13,17,19H,2-5,8-11H2,1H3;2*1H/t17-;;/m1../s1. The minimum Gasteiger partial charge on any atom is -0.496 e. The van der Waals surface area contributed by atoms with E-state index in [0.29, 0.717) is 6.04 Å². The first-order chi connectivity index (χ1) is 10.3. The number of halogens is 3. The second-order valence-corrected chi connectivity index (χ2v) is 7.02. The van der Waals surface area contributed by atoms with Crippen LogP contribution in [0.2, 0.25) is 0 Å². The molecule has 0 bridgehead atoms. The molecule has 0 radical (unpaired) electrons. The van der Waals surface area contributed by atoms with E-state index < -0.39 is 0 Å². The van der Waals surface area contributed by atoms with Gasteiger partial charge >= 0.3 is 0 Å². The SMILES string of the molecule is COc1ccc([C@@H](C2CCCC2)N2CCNCC2)cc1Br.Cl.Cl. The summed E-state index contributed by atoms with van der Waals surface area (Å²) in [5.41, 5.74) is 1.44. The van der Waals surface area contributed by atoms with Gasteiger partial charge in [0, 0.05) is 32.2 Å². The van der Waals surface area contributed by atoms with E-state index in [4.69, 9.17) is 4.74 Å². The molecule has 2 aliphatic rings. The molecule has 1 atom stereocenters. The Labute approximate surface area is 160 Å². The zero-order valence-corrected chi connectivity index (χ0v) is 16.8. The number of ether oxygens (including phenoxy) is 1. The second kappa shape index (κ2) is 10.1. The van der Waals surface area contributed by atoms with Crippen LogP contribution in [0.1, 0.15) is 37.3 Å². The van der Waals surface area contributed by atoms with Crippen molar-refractivity contribution in [3.8, 4) is 5.75 Å². The zero-order valence-electron chi connectivity index (χ0n) is 13.6. The highest BCUT2D eigenvalue weighted by molar-refractivity contribution is 9.10. The Morgan fingerprint density at radius 1 is 1.17 bits per heavy atom. The topological polar surface area (TPSA) is 24.5 Å². The predicted molar refractivity (Wildman–Crippen MR) is 104 cm³/mol. The Balaban J connectivity index is 0.00000132. The molecule has 0 spiro atoms. The van der Waals surface area contributed by atoms with Crippen LogP contribution in [-0.2, 0) is 0 Å². The van der Waals surface area contributed by atoms with E-state index in [2.05, 4.69) is 44.3 Å². The van der Waals surface area contributed by atoms with Crippen molar-refractivity contribution < 1.29 is 4.74 Å². The number of benzene rings is 1. The molecular weight excluding hydrogens is 399 g/mol. The summed E-state index contributed by atoms with van der Waals surface area (Å²) >= 11 is 3.65. The van der Waals surface area contributed by atoms with Gasteiger partial charge in [-0.05, 0) is 52.4 Å². The number of nitrogens with zero attached hydrogens (tertiary/aromatic N) is 1. The maximum atomic E-state index is 5.38. The number of methoxy groups -OCH3 is 1. The van der Waals surface area contributed by atoms with Gasteiger partial charge < -0.3 is 10.1 Å². The fourth-order valence-electron chi connectivity index (χ4n) is 3.88. The quantitative estimate of drug-likeness (QED) is 0.771. The van der Waals surface area contributed by atoms with Gasteiger partial charge in [-0.25, -0.2) is 0 Å². The van der Waals surface area contributed by atoms with E-state index in [0.717, 1.165) is 42.3 Å². The van der Waals surface area contributed by atoms with Gasteiger partial charge in [-0.3, -0.25) is 4.90 Å². The van der Waals surface area contributed by atoms with Crippen molar-refractivity contribution in [2.24, 2.45) is 5.92 Å². The van der Waals surface area contributed by atoms with E-state index in [1.54, 1.807) is 7.11 Å². The molecular formula is C17H27BrCl2N2O. The maximum Gasteiger partial charge on any atom is 0.133 e. The van der Waals surface area contributed by atoms with E-state index in [9.17, 15) is 0 Å². The van der Waals surface area contributed by atoms with Crippen LogP contribution in [0.5, 0.6) is 5.75 Å². The van der Waals surface area contributed by atoms with Crippen LogP contribution in [0, 0.1) is 5.92 Å². The molecule has 3 rings (SSSR count). The minimum absolute atomic E-state index is 0. The Bertz CT molecular complexity index is 478. The number of hydrogen-bond donors (Lipinski definition) is 1. The number of nitrogens with one attached hydrogen (secondary N) is 1. The minimum atomic E-state index is 0. The molecule has 0 aromatic heterocycles. The average Bonchev–Trinajstić information content (AvgIpc) is 3.03. The van der Waals surface area contributed by atoms with Gasteiger partial charge in [0.15, 0.2) is 0 Å². The van der Waals surface area contributed by atoms with Crippen molar-refractivity contribution in [1.82, 2.24) is 10.2 Å². The van der Waals surface area contributed by atoms with E-state index >= 15 is 0 Å². The summed E-state index contributed by atoms with van der Waals surface area (Å²) in [4.78, 5) is 2.68. The van der Waals surface area contributed by atoms with Crippen LogP contribution < -0.4 is 10.1 Å². The maximum absolute atomic E-state index is 5.38. The number of hydrogen-bond acceptors (Lipinski definition) is 3. The van der Waals surface area contributed by atoms with E-state index in [1.807, 2.05) is 0 Å². The van der Waals surface area contributed by atoms with E-state index in [-0.39, 0.29) is 24.8 Å². The molecule has 1 aliphatic heterocycles. The van der Waals surface area contributed by atoms with Crippen LogP contribution in [-0.4, -0.2) is 38.2 Å². The summed E-state index contributed by atoms with van der Waals surface area (Å²) < 4.78 is 6.45. The van der Waals surface area contributed by atoms with Crippen LogP contribution >= 0.6 is 40.7 Å². The third-order valence-corrected chi connectivity index (χ3v) is 5.53. The highest BCUT2D eigenvalue weighted by atomic mass is 79.9. The Kier molecular flexibility index (Phi) is 9.24. The molecule has 6 heteroatoms. The summed E-state index contributed by atoms with van der Waals surface area (Å²) in [5, 5.41) is 3.47. The summed E-state index contributed by atoms with van der Waals surface area (Å²) in [7, 11) is 1.73. The second-order valence-electron chi connectivity index (χ2n) is 6.17. The lowest BCUT2D eigenvalue weighted by atomic mass is 9.89. The molecule has 1 saturated carbocycles. The fraction of sp³-hybridized carbons (Fsp3) is 0.647. The van der Waals surface area contributed by atoms with Gasteiger partial charge in [-0.1, -0.05) is 18.9 Å². The molecule has 132 valence electrons. The first kappa shape index (κ1) is 21.0. The molecule has 1 N–H and O–H groups in total. The Morgan fingerprint density at radius 2 is 1.83 bits per heavy atom. The summed E-state index contributed by atoms with van der Waals surface area (Å²) in [5.74, 6) is 1.73. The molecule has 0 amide bonds. The van der Waals surface area contributed by atoms with Crippen molar-refractivity contribution >= 4 is 40.7 Å². The Morgan fingerprint density at radius 3 is 2.39 bits per heavy atom. The van der Waals surface area contributed by atoms with Crippen LogP contribution in [0.25, 0.3) is 0 Å². The van der Waals surface area contributed by atoms with Gasteiger partial charge in [-0.2, -0.15) is 0 Å². The average molecular weight is 426 g/mol. The lowest BCUT2D eigenvalue weighted by Crippen LogP contribution is -2.46. The third-order valence-electron chi connectivity index (χ3n) is 4.91. The number of piperazine rings is 1. The lowest BCUT2D eigenvalue weighted by Gasteiger charge is -2.38. The molecule has 0 unspecified atom stereocenters. The fourth-order valence-corrected chi connectivity index (χ4v) is 4.44. The van der Waals surface area contributed by atoms with Gasteiger partial charge in [0.05, 0.1) is 11.6 Å². The smallest absolute Gasteiger partial charge is 0.133 e. The molecule has 1 aromatic rings. The first-order valence-electron chi connectivity index (χ1n) is 8.08. The summed E-state index contributed by atoms with van der Waals surface area (Å²) in [6.07, 6.45) is 5.53. The van der Waals surface area contributed by atoms with Crippen molar-refractivity contribution in [2.45, 2.75) is 31.7 Å². The van der Waals surface area contributed by atoms with E-state index in [1.165, 1.54) is 31.2 Å². The van der Waals surface area contributed by atoms with Crippen LogP contribution in [0.4, 0.5) is 0 Å². The molecule has 3 nitrogen and oxygen atoms in total. The van der Waals surface area contributed by atoms with Crippen molar-refractivity contribution in [1.29, 1.82) is 0 Å². The number of rotatable bonds is 4. The van der Waals surface area contributed by atoms with Gasteiger partial charge in [0.25, 0.3) is 0 Å². The highest BCUT2D eigenvalue weighted by Crippen LogP contribution is 2.41. The van der Waals surface area contributed by atoms with Gasteiger partial charge in [0.1, 0.15) is 5.75 Å². The van der Waals surface area contributed by atoms with Crippen molar-refractivity contribution in [2.75, 3.05) is 33.3 Å². The summed E-state index contributed by atoms with van der Waals surface area (Å²) in [6, 6.07) is 7.19. The zero-order chi connectivity index (χ0) is 14.7. The van der Waals surface area contributed by atoms with Crippen LogP contribution in [0.3, 0.4) is 0 Å². The molecule has 1 aliphatic carbocycles. The molecule has 1 aromatic carbocycles. The van der Waals surface area contributed by atoms with Gasteiger partial charge in [-0.15, -0.1) is 24.8 Å². The first-order valence-corrected chi connectivity index (χ1v) is 8.87. The van der Waals surface area contributed by atoms with Crippen LogP contribution in [0.15, 0.2) is 22.7 Å². The summed E-state index contributed by atoms with van der Waals surface area (Å²) in [6.45, 7) is 4.54. The largest absolute Gasteiger partial charge is 0.496 e. The normalized spacial score (nSPS) is 20.4. The molecule has 23 heavy (non-hydrogen) atoms. The molecule has 1 heterocycles. The Hall–Kier alpha value is -0.000000000000000111.